The number of aliphatic carboxylic acids is 1. The molecule has 0 aromatic heterocycles. The number of hydrogen-bond acceptors (Lipinski definition) is 5. The highest BCUT2D eigenvalue weighted by molar-refractivity contribution is 5.89. The van der Waals surface area contributed by atoms with Crippen LogP contribution < -0.4 is 16.4 Å². The molecule has 7 heteroatoms. The van der Waals surface area contributed by atoms with Crippen LogP contribution in [0.5, 0.6) is 0 Å². The molecule has 8 aliphatic rings. The molecule has 14 atom stereocenters. The van der Waals surface area contributed by atoms with Crippen LogP contribution >= 0.6 is 0 Å². The van der Waals surface area contributed by atoms with Gasteiger partial charge in [-0.15, -0.1) is 0 Å². The summed E-state index contributed by atoms with van der Waals surface area (Å²) >= 11 is 0. The Hall–Kier alpha value is -2.41. The highest BCUT2D eigenvalue weighted by atomic mass is 16.4. The summed E-state index contributed by atoms with van der Waals surface area (Å²) in [5, 5.41) is 16.5. The maximum atomic E-state index is 12.5. The van der Waals surface area contributed by atoms with Crippen molar-refractivity contribution < 1.29 is 19.5 Å². The van der Waals surface area contributed by atoms with Crippen molar-refractivity contribution in [2.24, 2.45) is 74.7 Å². The molecule has 0 saturated heterocycles. The van der Waals surface area contributed by atoms with E-state index in [9.17, 15) is 19.5 Å². The molecule has 2 aliphatic heterocycles. The lowest BCUT2D eigenvalue weighted by atomic mass is 9.47. The van der Waals surface area contributed by atoms with Gasteiger partial charge in [0.05, 0.1) is 5.92 Å². The molecule has 0 radical (unpaired) electrons. The zero-order valence-corrected chi connectivity index (χ0v) is 31.2. The van der Waals surface area contributed by atoms with Gasteiger partial charge in [-0.25, -0.2) is 0 Å². The average Bonchev–Trinajstić information content (AvgIpc) is 3.63. The van der Waals surface area contributed by atoms with Gasteiger partial charge in [0, 0.05) is 40.9 Å². The Balaban J connectivity index is 0.000000162. The van der Waals surface area contributed by atoms with Crippen LogP contribution in [0.2, 0.25) is 0 Å². The number of Topliss-reactive ketones (excluding diaryl/α,β-unsaturated/α-hetero) is 1. The minimum atomic E-state index is -0.566. The number of hydrogen-bond donors (Lipinski definition) is 4. The molecule has 0 spiro atoms. The number of amides is 1. The molecule has 7 nitrogen and oxygen atoms in total. The number of rotatable bonds is 3. The Kier molecular flexibility index (Phi) is 9.87. The zero-order valence-electron chi connectivity index (χ0n) is 31.2. The summed E-state index contributed by atoms with van der Waals surface area (Å²) in [5.74, 6) is 4.21. The van der Waals surface area contributed by atoms with Crippen molar-refractivity contribution in [1.29, 1.82) is 0 Å². The summed E-state index contributed by atoms with van der Waals surface area (Å²) in [5.41, 5.74) is 6.08. The Morgan fingerprint density at radius 2 is 1.22 bits per heavy atom. The van der Waals surface area contributed by atoms with Gasteiger partial charge in [0.25, 0.3) is 0 Å². The minimum absolute atomic E-state index is 0.0194. The van der Waals surface area contributed by atoms with Crippen molar-refractivity contribution in [3.8, 4) is 0 Å². The van der Waals surface area contributed by atoms with Crippen molar-refractivity contribution in [2.75, 3.05) is 7.05 Å². The van der Waals surface area contributed by atoms with E-state index in [0.717, 1.165) is 43.7 Å². The van der Waals surface area contributed by atoms with Crippen molar-refractivity contribution in [2.45, 2.75) is 130 Å². The van der Waals surface area contributed by atoms with E-state index in [-0.39, 0.29) is 33.5 Å². The molecule has 5 N–H and O–H groups in total. The first-order valence-corrected chi connectivity index (χ1v) is 19.7. The lowest BCUT2D eigenvalue weighted by Crippen LogP contribution is -2.59. The SMILES string of the molecule is C=C1C=C[C@@]2(C)[C@H](CC[C@@H]3[C@H]2CC[C@]2(C)[C@@H](C(=O)O)CC[C@H]32)N1.CCC(=O)[C@H]1CC[C@@H]2[C@@H]3CC[C@@H]4NC(=O)C=C[C@]4(C)[C@@H]3CC[C@]12C.CN. The Labute approximate surface area is 295 Å². The fourth-order valence-electron chi connectivity index (χ4n) is 13.9. The molecule has 0 aromatic carbocycles. The van der Waals surface area contributed by atoms with Crippen LogP contribution in [0.25, 0.3) is 0 Å². The standard InChI is InChI=1S/C21H31NO2.C20H29NO2.CH5N/c1-4-17(23)16-7-6-14-13-5-8-18-21(3,12-10-19(24)22-18)15(13)9-11-20(14,16)2;1-12-8-10-20(3)15-9-11-19(2)14(5-6-16(19)18(22)23)13(15)4-7-17(20)21-12;1-2/h10,12-16,18H,4-9,11H2,1-3H3,(H,22,24);8,10,13-17,21H,1,4-7,9,11H2,2-3H3,(H,22,23);2H2,1H3/t13-,14+,15+,16+,18-,20-,21+;13-,14+,15+,16+,17-,19-,20+;/m00./s1. The molecule has 0 aromatic rings. The van der Waals surface area contributed by atoms with Gasteiger partial charge in [-0.1, -0.05) is 53.3 Å². The van der Waals surface area contributed by atoms with Crippen molar-refractivity contribution in [3.05, 3.63) is 36.6 Å². The van der Waals surface area contributed by atoms with E-state index < -0.39 is 5.97 Å². The number of carbonyl (C=O) groups is 3. The topological polar surface area (TPSA) is 122 Å². The number of nitrogens with one attached hydrogen (secondary N) is 2. The molecule has 1 amide bonds. The van der Waals surface area contributed by atoms with E-state index in [4.69, 9.17) is 0 Å². The predicted molar refractivity (Wildman–Crippen MR) is 195 cm³/mol. The molecule has 0 bridgehead atoms. The quantitative estimate of drug-likeness (QED) is 0.247. The van der Waals surface area contributed by atoms with Gasteiger partial charge in [-0.3, -0.25) is 14.4 Å². The first kappa shape index (κ1) is 36.4. The molecular weight excluding hydrogens is 610 g/mol. The van der Waals surface area contributed by atoms with E-state index >= 15 is 0 Å². The number of carboxylic acids is 1. The van der Waals surface area contributed by atoms with Gasteiger partial charge < -0.3 is 21.5 Å². The monoisotopic (exact) mass is 675 g/mol. The van der Waals surface area contributed by atoms with Gasteiger partial charge >= 0.3 is 5.97 Å². The highest BCUT2D eigenvalue weighted by Crippen LogP contribution is 2.66. The summed E-state index contributed by atoms with van der Waals surface area (Å²) in [6, 6.07) is 0.803. The number of carbonyl (C=O) groups excluding carboxylic acids is 2. The van der Waals surface area contributed by atoms with E-state index in [2.05, 4.69) is 68.9 Å². The van der Waals surface area contributed by atoms with E-state index in [1.165, 1.54) is 52.0 Å². The van der Waals surface area contributed by atoms with Gasteiger partial charge in [0.15, 0.2) is 0 Å². The molecule has 272 valence electrons. The third kappa shape index (κ3) is 5.67. The second-order valence-electron chi connectivity index (χ2n) is 18.1. The lowest BCUT2D eigenvalue weighted by molar-refractivity contribution is -0.149. The van der Waals surface area contributed by atoms with E-state index in [0.29, 0.717) is 59.8 Å². The summed E-state index contributed by atoms with van der Waals surface area (Å²) in [7, 11) is 1.50. The second kappa shape index (κ2) is 13.3. The maximum absolute atomic E-state index is 12.5. The minimum Gasteiger partial charge on any atom is -0.481 e. The largest absolute Gasteiger partial charge is 0.481 e. The van der Waals surface area contributed by atoms with Crippen molar-refractivity contribution >= 4 is 17.7 Å². The van der Waals surface area contributed by atoms with Gasteiger partial charge in [-0.05, 0) is 143 Å². The third-order valence-electron chi connectivity index (χ3n) is 16.5. The van der Waals surface area contributed by atoms with Crippen LogP contribution in [-0.2, 0) is 14.4 Å². The van der Waals surface area contributed by atoms with E-state index in [1.54, 1.807) is 6.08 Å². The summed E-state index contributed by atoms with van der Waals surface area (Å²) in [4.78, 5) is 36.0. The number of allylic oxidation sites excluding steroid dienone is 1. The normalized spacial score (nSPS) is 48.6. The van der Waals surface area contributed by atoms with Crippen molar-refractivity contribution in [1.82, 2.24) is 10.6 Å². The zero-order chi connectivity index (χ0) is 35.5. The lowest BCUT2D eigenvalue weighted by Gasteiger charge is -2.59. The van der Waals surface area contributed by atoms with Crippen LogP contribution in [0, 0.1) is 69.0 Å². The summed E-state index contributed by atoms with van der Waals surface area (Å²) in [6.45, 7) is 15.5. The number of ketones is 1. The Morgan fingerprint density at radius 1 is 0.735 bits per heavy atom. The molecule has 6 aliphatic carbocycles. The van der Waals surface area contributed by atoms with Gasteiger partial charge in [0.1, 0.15) is 5.78 Å². The predicted octanol–water partition coefficient (Wildman–Crippen LogP) is 7.43. The van der Waals surface area contributed by atoms with Crippen molar-refractivity contribution in [3.63, 3.8) is 0 Å². The Morgan fingerprint density at radius 3 is 1.76 bits per heavy atom. The van der Waals surface area contributed by atoms with Gasteiger partial charge in [0.2, 0.25) is 5.91 Å². The van der Waals surface area contributed by atoms with Crippen LogP contribution in [-0.4, -0.2) is 41.9 Å². The second-order valence-corrected chi connectivity index (χ2v) is 18.1. The number of carboxylic acid groups (broad SMARTS) is 1. The summed E-state index contributed by atoms with van der Waals surface area (Å²) in [6.07, 6.45) is 22.9. The fourth-order valence-corrected chi connectivity index (χ4v) is 13.9. The molecule has 6 fully saturated rings. The van der Waals surface area contributed by atoms with E-state index in [1.807, 2.05) is 6.92 Å². The highest BCUT2D eigenvalue weighted by Gasteiger charge is 2.62. The first-order chi connectivity index (χ1) is 23.3. The molecular formula is C42H65N3O4. The third-order valence-corrected chi connectivity index (χ3v) is 16.5. The first-order valence-electron chi connectivity index (χ1n) is 19.7. The van der Waals surface area contributed by atoms with Crippen LogP contribution in [0.1, 0.15) is 118 Å². The summed E-state index contributed by atoms with van der Waals surface area (Å²) < 4.78 is 0. The smallest absolute Gasteiger partial charge is 0.307 e. The Bertz CT molecular complexity index is 1390. The molecule has 49 heavy (non-hydrogen) atoms. The van der Waals surface area contributed by atoms with Crippen LogP contribution in [0.3, 0.4) is 0 Å². The van der Waals surface area contributed by atoms with Crippen LogP contribution in [0.15, 0.2) is 36.6 Å². The molecule has 8 rings (SSSR count). The molecule has 0 unspecified atom stereocenters. The fraction of sp³-hybridized carbons (Fsp3) is 0.786. The van der Waals surface area contributed by atoms with Gasteiger partial charge in [-0.2, -0.15) is 0 Å². The maximum Gasteiger partial charge on any atom is 0.307 e. The van der Waals surface area contributed by atoms with Crippen LogP contribution in [0.4, 0.5) is 0 Å². The number of nitrogens with two attached hydrogens (primary N) is 1. The number of fused-ring (bicyclic) bond motifs is 10. The molecule has 2 heterocycles. The molecule has 6 saturated carbocycles. The average molecular weight is 676 g/mol.